The molecule has 0 atom stereocenters. The minimum Gasteiger partial charge on any atom is -0.305 e. The highest BCUT2D eigenvalue weighted by atomic mass is 32.2. The molecule has 0 amide bonds. The van der Waals surface area contributed by atoms with Gasteiger partial charge in [0.2, 0.25) is 0 Å². The Hall–Kier alpha value is -0.470. The average Bonchev–Trinajstić information content (AvgIpc) is 2.41. The molecular formula is C16H25NS. The van der Waals surface area contributed by atoms with Gasteiger partial charge in [-0.1, -0.05) is 37.5 Å². The van der Waals surface area contributed by atoms with E-state index in [1.165, 1.54) is 55.8 Å². The van der Waals surface area contributed by atoms with Crippen molar-refractivity contribution in [2.75, 3.05) is 25.9 Å². The molecule has 1 aliphatic rings. The van der Waals surface area contributed by atoms with Crippen LogP contribution in [0.3, 0.4) is 0 Å². The first-order valence-electron chi connectivity index (χ1n) is 7.21. The van der Waals surface area contributed by atoms with Gasteiger partial charge in [0.05, 0.1) is 0 Å². The third-order valence-corrected chi connectivity index (χ3v) is 4.77. The summed E-state index contributed by atoms with van der Waals surface area (Å²) >= 11 is 1.97. The van der Waals surface area contributed by atoms with Gasteiger partial charge in [-0.2, -0.15) is 0 Å². The molecule has 1 fully saturated rings. The molecule has 1 saturated carbocycles. The van der Waals surface area contributed by atoms with Crippen molar-refractivity contribution in [1.82, 2.24) is 4.90 Å². The molecule has 0 radical (unpaired) electrons. The predicted octanol–water partition coefficient (Wildman–Crippen LogP) is 4.29. The van der Waals surface area contributed by atoms with E-state index in [1.54, 1.807) is 0 Å². The zero-order chi connectivity index (χ0) is 12.6. The molecule has 2 heteroatoms. The molecule has 0 heterocycles. The summed E-state index contributed by atoms with van der Waals surface area (Å²) in [6, 6.07) is 10.7. The normalized spacial score (nSPS) is 17.2. The summed E-state index contributed by atoms with van der Waals surface area (Å²) in [6.07, 6.45) is 7.28. The lowest BCUT2D eigenvalue weighted by Gasteiger charge is -2.26. The van der Waals surface area contributed by atoms with Gasteiger partial charge in [-0.15, -0.1) is 11.8 Å². The van der Waals surface area contributed by atoms with Crippen molar-refractivity contribution in [2.24, 2.45) is 5.92 Å². The molecular weight excluding hydrogens is 238 g/mol. The molecule has 18 heavy (non-hydrogen) atoms. The highest BCUT2D eigenvalue weighted by Crippen LogP contribution is 2.24. The van der Waals surface area contributed by atoms with E-state index in [1.807, 2.05) is 11.8 Å². The second-order valence-corrected chi connectivity index (χ2v) is 6.60. The van der Waals surface area contributed by atoms with E-state index in [0.717, 1.165) is 5.92 Å². The van der Waals surface area contributed by atoms with E-state index in [0.29, 0.717) is 0 Å². The largest absolute Gasteiger partial charge is 0.305 e. The molecule has 1 aromatic carbocycles. The maximum atomic E-state index is 2.52. The summed E-state index contributed by atoms with van der Waals surface area (Å²) < 4.78 is 0. The third kappa shape index (κ3) is 5.03. The number of hydrogen-bond donors (Lipinski definition) is 0. The molecule has 2 rings (SSSR count). The summed E-state index contributed by atoms with van der Waals surface area (Å²) in [5.41, 5.74) is 0. The van der Waals surface area contributed by atoms with Gasteiger partial charge < -0.3 is 4.90 Å². The Morgan fingerprint density at radius 3 is 2.56 bits per heavy atom. The van der Waals surface area contributed by atoms with E-state index < -0.39 is 0 Å². The molecule has 100 valence electrons. The molecule has 1 aromatic rings. The third-order valence-electron chi connectivity index (χ3n) is 3.78. The SMILES string of the molecule is CN(CCSc1ccccc1)CC1CCCCC1. The molecule has 0 saturated heterocycles. The minimum absolute atomic E-state index is 0.963. The maximum absolute atomic E-state index is 2.52. The van der Waals surface area contributed by atoms with Crippen LogP contribution in [0.1, 0.15) is 32.1 Å². The van der Waals surface area contributed by atoms with E-state index in [-0.39, 0.29) is 0 Å². The van der Waals surface area contributed by atoms with Gasteiger partial charge in [-0.25, -0.2) is 0 Å². The van der Waals surface area contributed by atoms with Gasteiger partial charge in [0.25, 0.3) is 0 Å². The number of nitrogens with zero attached hydrogens (tertiary/aromatic N) is 1. The number of thioether (sulfide) groups is 1. The monoisotopic (exact) mass is 263 g/mol. The first-order valence-corrected chi connectivity index (χ1v) is 8.19. The lowest BCUT2D eigenvalue weighted by atomic mass is 9.89. The van der Waals surface area contributed by atoms with Gasteiger partial charge >= 0.3 is 0 Å². The average molecular weight is 263 g/mol. The summed E-state index contributed by atoms with van der Waals surface area (Å²) in [4.78, 5) is 3.91. The zero-order valence-corrected chi connectivity index (χ0v) is 12.3. The van der Waals surface area contributed by atoms with E-state index in [2.05, 4.69) is 42.3 Å². The first kappa shape index (κ1) is 14.0. The maximum Gasteiger partial charge on any atom is 0.0108 e. The van der Waals surface area contributed by atoms with Crippen LogP contribution in [0.15, 0.2) is 35.2 Å². The van der Waals surface area contributed by atoms with Crippen molar-refractivity contribution in [2.45, 2.75) is 37.0 Å². The van der Waals surface area contributed by atoms with Crippen molar-refractivity contribution >= 4 is 11.8 Å². The Bertz CT molecular complexity index is 319. The van der Waals surface area contributed by atoms with Crippen LogP contribution in [-0.2, 0) is 0 Å². The van der Waals surface area contributed by atoms with Crippen LogP contribution >= 0.6 is 11.8 Å². The summed E-state index contributed by atoms with van der Waals surface area (Å²) in [5.74, 6) is 2.17. The highest BCUT2D eigenvalue weighted by molar-refractivity contribution is 7.99. The van der Waals surface area contributed by atoms with Crippen LogP contribution in [0.2, 0.25) is 0 Å². The van der Waals surface area contributed by atoms with Crippen molar-refractivity contribution in [3.63, 3.8) is 0 Å². The molecule has 1 aliphatic carbocycles. The number of benzene rings is 1. The lowest BCUT2D eigenvalue weighted by Crippen LogP contribution is -2.28. The smallest absolute Gasteiger partial charge is 0.0108 e. The first-order chi connectivity index (χ1) is 8.84. The molecule has 0 aromatic heterocycles. The van der Waals surface area contributed by atoms with Crippen LogP contribution in [0.4, 0.5) is 0 Å². The van der Waals surface area contributed by atoms with Gasteiger partial charge in [0.15, 0.2) is 0 Å². The Labute approximate surface area is 116 Å². The van der Waals surface area contributed by atoms with Crippen molar-refractivity contribution < 1.29 is 0 Å². The van der Waals surface area contributed by atoms with Gasteiger partial charge in [-0.3, -0.25) is 0 Å². The van der Waals surface area contributed by atoms with E-state index >= 15 is 0 Å². The molecule has 1 nitrogen and oxygen atoms in total. The van der Waals surface area contributed by atoms with Crippen molar-refractivity contribution in [3.8, 4) is 0 Å². The van der Waals surface area contributed by atoms with Crippen molar-refractivity contribution in [3.05, 3.63) is 30.3 Å². The molecule has 0 spiro atoms. The summed E-state index contributed by atoms with van der Waals surface area (Å²) in [6.45, 7) is 2.51. The van der Waals surface area contributed by atoms with Crippen LogP contribution in [0, 0.1) is 5.92 Å². The van der Waals surface area contributed by atoms with Crippen LogP contribution in [-0.4, -0.2) is 30.8 Å². The quantitative estimate of drug-likeness (QED) is 0.704. The molecule has 0 N–H and O–H groups in total. The molecule has 0 aliphatic heterocycles. The second kappa shape index (κ2) is 7.85. The van der Waals surface area contributed by atoms with Crippen LogP contribution < -0.4 is 0 Å². The Morgan fingerprint density at radius 2 is 1.83 bits per heavy atom. The number of rotatable bonds is 6. The standard InChI is InChI=1S/C16H25NS/c1-17(14-15-8-4-2-5-9-15)12-13-18-16-10-6-3-7-11-16/h3,6-7,10-11,15H,2,4-5,8-9,12-14H2,1H3. The summed E-state index contributed by atoms with van der Waals surface area (Å²) in [5, 5.41) is 0. The zero-order valence-electron chi connectivity index (χ0n) is 11.5. The Kier molecular flexibility index (Phi) is 6.09. The van der Waals surface area contributed by atoms with Crippen LogP contribution in [0.25, 0.3) is 0 Å². The second-order valence-electron chi connectivity index (χ2n) is 5.43. The summed E-state index contributed by atoms with van der Waals surface area (Å²) in [7, 11) is 2.28. The van der Waals surface area contributed by atoms with Gasteiger partial charge in [-0.05, 0) is 37.9 Å². The fraction of sp³-hybridized carbons (Fsp3) is 0.625. The van der Waals surface area contributed by atoms with E-state index in [4.69, 9.17) is 0 Å². The minimum atomic E-state index is 0.963. The van der Waals surface area contributed by atoms with E-state index in [9.17, 15) is 0 Å². The molecule has 0 unspecified atom stereocenters. The molecule has 0 bridgehead atoms. The van der Waals surface area contributed by atoms with Crippen LogP contribution in [0.5, 0.6) is 0 Å². The van der Waals surface area contributed by atoms with Crippen molar-refractivity contribution in [1.29, 1.82) is 0 Å². The number of hydrogen-bond acceptors (Lipinski definition) is 2. The van der Waals surface area contributed by atoms with Gasteiger partial charge in [0, 0.05) is 23.7 Å². The Morgan fingerprint density at radius 1 is 1.11 bits per heavy atom. The predicted molar refractivity (Wildman–Crippen MR) is 81.2 cm³/mol. The highest BCUT2D eigenvalue weighted by Gasteiger charge is 2.14. The van der Waals surface area contributed by atoms with Gasteiger partial charge in [0.1, 0.15) is 0 Å². The Balaban J connectivity index is 1.61. The fourth-order valence-electron chi connectivity index (χ4n) is 2.74. The lowest BCUT2D eigenvalue weighted by molar-refractivity contribution is 0.242. The topological polar surface area (TPSA) is 3.24 Å². The fourth-order valence-corrected chi connectivity index (χ4v) is 3.73.